The quantitative estimate of drug-likeness (QED) is 0.527. The number of aromatic nitrogens is 2. The molecule has 35 heavy (non-hydrogen) atoms. The number of carbonyl (C=O) groups excluding carboxylic acids is 1. The Kier molecular flexibility index (Phi) is 7.47. The van der Waals surface area contributed by atoms with E-state index in [1.807, 2.05) is 6.07 Å². The van der Waals surface area contributed by atoms with Crippen LogP contribution in [-0.2, 0) is 0 Å². The van der Waals surface area contributed by atoms with Crippen LogP contribution in [0.2, 0.25) is 0 Å². The highest BCUT2D eigenvalue weighted by molar-refractivity contribution is 5.95. The Morgan fingerprint density at radius 3 is 2.46 bits per heavy atom. The summed E-state index contributed by atoms with van der Waals surface area (Å²) < 4.78 is 40.9. The van der Waals surface area contributed by atoms with Crippen LogP contribution in [-0.4, -0.2) is 76.5 Å². The molecule has 1 aromatic heterocycles. The Morgan fingerprint density at radius 1 is 1.03 bits per heavy atom. The average Bonchev–Trinajstić information content (AvgIpc) is 2.85. The van der Waals surface area contributed by atoms with Crippen molar-refractivity contribution in [2.45, 2.75) is 6.36 Å². The van der Waals surface area contributed by atoms with Crippen molar-refractivity contribution in [3.05, 3.63) is 66.5 Å². The zero-order chi connectivity index (χ0) is 24.8. The van der Waals surface area contributed by atoms with Crippen molar-refractivity contribution in [2.75, 3.05) is 44.6 Å². The maximum atomic E-state index is 13.0. The van der Waals surface area contributed by atoms with Crippen LogP contribution in [0.15, 0.2) is 60.9 Å². The van der Waals surface area contributed by atoms with Crippen molar-refractivity contribution in [3.63, 3.8) is 0 Å². The summed E-state index contributed by atoms with van der Waals surface area (Å²) in [5.74, 6) is 0.0583. The Morgan fingerprint density at radius 2 is 1.77 bits per heavy atom. The van der Waals surface area contributed by atoms with E-state index in [1.165, 1.54) is 30.6 Å². The highest BCUT2D eigenvalue weighted by Gasteiger charge is 2.31. The van der Waals surface area contributed by atoms with Gasteiger partial charge in [0.2, 0.25) is 0 Å². The van der Waals surface area contributed by atoms with Crippen molar-refractivity contribution in [2.24, 2.45) is 0 Å². The van der Waals surface area contributed by atoms with Gasteiger partial charge in [-0.2, -0.15) is 0 Å². The molecule has 3 aromatic rings. The monoisotopic (exact) mass is 487 g/mol. The SMILES string of the molecule is O=C(c1cccc(-c2cc(Nc3ccc(OC(F)(F)F)cc3)ncn2)c1)N1CCN(CCO)CC1. The molecular formula is C24H24F3N5O3. The summed E-state index contributed by atoms with van der Waals surface area (Å²) >= 11 is 0. The fourth-order valence-electron chi connectivity index (χ4n) is 3.78. The number of hydrogen-bond donors (Lipinski definition) is 2. The van der Waals surface area contributed by atoms with E-state index in [2.05, 4.69) is 24.9 Å². The van der Waals surface area contributed by atoms with E-state index in [0.717, 1.165) is 18.7 Å². The third-order valence-electron chi connectivity index (χ3n) is 5.51. The normalized spacial score (nSPS) is 14.6. The van der Waals surface area contributed by atoms with Crippen LogP contribution in [0.25, 0.3) is 11.3 Å². The topological polar surface area (TPSA) is 90.8 Å². The zero-order valence-corrected chi connectivity index (χ0v) is 18.7. The highest BCUT2D eigenvalue weighted by atomic mass is 19.4. The number of carbonyl (C=O) groups is 1. The fourth-order valence-corrected chi connectivity index (χ4v) is 3.78. The summed E-state index contributed by atoms with van der Waals surface area (Å²) in [4.78, 5) is 25.4. The van der Waals surface area contributed by atoms with Crippen molar-refractivity contribution < 1.29 is 27.8 Å². The first-order valence-corrected chi connectivity index (χ1v) is 11.0. The predicted molar refractivity (Wildman–Crippen MR) is 123 cm³/mol. The molecule has 2 aromatic carbocycles. The van der Waals surface area contributed by atoms with Gasteiger partial charge in [-0.1, -0.05) is 12.1 Å². The first-order chi connectivity index (χ1) is 16.8. The molecule has 8 nitrogen and oxygen atoms in total. The standard InChI is InChI=1S/C24H24F3N5O3/c25-24(26,27)35-20-6-4-19(5-7-20)30-22-15-21(28-16-29-22)17-2-1-3-18(14-17)23(34)32-10-8-31(9-11-32)12-13-33/h1-7,14-16,33H,8-13H2,(H,28,29,30). The molecule has 11 heteroatoms. The molecule has 0 spiro atoms. The number of piperazine rings is 1. The second-order valence-corrected chi connectivity index (χ2v) is 7.92. The van der Waals surface area contributed by atoms with E-state index in [-0.39, 0.29) is 18.3 Å². The smallest absolute Gasteiger partial charge is 0.406 e. The molecule has 4 rings (SSSR count). The van der Waals surface area contributed by atoms with Crippen LogP contribution in [0.1, 0.15) is 10.4 Å². The van der Waals surface area contributed by atoms with E-state index < -0.39 is 6.36 Å². The van der Waals surface area contributed by atoms with E-state index >= 15 is 0 Å². The summed E-state index contributed by atoms with van der Waals surface area (Å²) in [5, 5.41) is 12.1. The maximum absolute atomic E-state index is 13.0. The summed E-state index contributed by atoms with van der Waals surface area (Å²) in [6, 6.07) is 14.2. The molecule has 2 heterocycles. The molecular weight excluding hydrogens is 463 g/mol. The second kappa shape index (κ2) is 10.7. The number of halogens is 3. The van der Waals surface area contributed by atoms with Gasteiger partial charge in [-0.25, -0.2) is 9.97 Å². The van der Waals surface area contributed by atoms with E-state index in [1.54, 1.807) is 29.2 Å². The van der Waals surface area contributed by atoms with Crippen LogP contribution < -0.4 is 10.1 Å². The van der Waals surface area contributed by atoms with Gasteiger partial charge in [0.15, 0.2) is 0 Å². The molecule has 1 saturated heterocycles. The van der Waals surface area contributed by atoms with E-state index in [4.69, 9.17) is 5.11 Å². The second-order valence-electron chi connectivity index (χ2n) is 7.92. The van der Waals surface area contributed by atoms with Crippen LogP contribution in [0.3, 0.4) is 0 Å². The molecule has 1 aliphatic heterocycles. The Labute approximate surface area is 200 Å². The number of ether oxygens (including phenoxy) is 1. The minimum atomic E-state index is -4.75. The number of alkyl halides is 3. The summed E-state index contributed by atoms with van der Waals surface area (Å²) in [6.07, 6.45) is -3.38. The van der Waals surface area contributed by atoms with Gasteiger partial charge in [0.05, 0.1) is 12.3 Å². The van der Waals surface area contributed by atoms with E-state index in [9.17, 15) is 18.0 Å². The maximum Gasteiger partial charge on any atom is 0.573 e. The number of aliphatic hydroxyl groups excluding tert-OH is 1. The molecule has 1 amide bonds. The summed E-state index contributed by atoms with van der Waals surface area (Å²) in [6.45, 7) is 3.33. The van der Waals surface area contributed by atoms with Crippen molar-refractivity contribution >= 4 is 17.4 Å². The third kappa shape index (κ3) is 6.67. The molecule has 0 saturated carbocycles. The molecule has 0 unspecified atom stereocenters. The number of amides is 1. The van der Waals surface area contributed by atoms with Crippen molar-refractivity contribution in [3.8, 4) is 17.0 Å². The van der Waals surface area contributed by atoms with Crippen LogP contribution in [0.4, 0.5) is 24.7 Å². The van der Waals surface area contributed by atoms with Crippen LogP contribution in [0.5, 0.6) is 5.75 Å². The van der Waals surface area contributed by atoms with Gasteiger partial charge in [0.25, 0.3) is 5.91 Å². The van der Waals surface area contributed by atoms with Gasteiger partial charge >= 0.3 is 6.36 Å². The minimum absolute atomic E-state index is 0.0657. The zero-order valence-electron chi connectivity index (χ0n) is 18.7. The number of anilines is 2. The lowest BCUT2D eigenvalue weighted by Crippen LogP contribution is -2.49. The first-order valence-electron chi connectivity index (χ1n) is 11.0. The first kappa shape index (κ1) is 24.4. The van der Waals surface area contributed by atoms with Crippen LogP contribution in [0, 0.1) is 0 Å². The molecule has 1 fully saturated rings. The lowest BCUT2D eigenvalue weighted by molar-refractivity contribution is -0.274. The number of nitrogens with one attached hydrogen (secondary N) is 1. The molecule has 0 aliphatic carbocycles. The van der Waals surface area contributed by atoms with Gasteiger partial charge in [-0.15, -0.1) is 13.2 Å². The van der Waals surface area contributed by atoms with Gasteiger partial charge in [0, 0.05) is 55.6 Å². The van der Waals surface area contributed by atoms with Gasteiger partial charge in [-0.3, -0.25) is 9.69 Å². The molecule has 1 aliphatic rings. The summed E-state index contributed by atoms with van der Waals surface area (Å²) in [7, 11) is 0. The molecule has 184 valence electrons. The number of rotatable bonds is 7. The van der Waals surface area contributed by atoms with Gasteiger partial charge in [-0.05, 0) is 36.4 Å². The number of hydrogen-bond acceptors (Lipinski definition) is 7. The number of nitrogens with zero attached hydrogens (tertiary/aromatic N) is 4. The summed E-state index contributed by atoms with van der Waals surface area (Å²) in [5.41, 5.74) is 2.39. The van der Waals surface area contributed by atoms with Gasteiger partial charge in [0.1, 0.15) is 17.9 Å². The van der Waals surface area contributed by atoms with Crippen LogP contribution >= 0.6 is 0 Å². The number of benzene rings is 2. The largest absolute Gasteiger partial charge is 0.573 e. The Bertz CT molecular complexity index is 1150. The average molecular weight is 487 g/mol. The molecule has 0 bridgehead atoms. The fraction of sp³-hybridized carbons (Fsp3) is 0.292. The van der Waals surface area contributed by atoms with Crippen molar-refractivity contribution in [1.29, 1.82) is 0 Å². The minimum Gasteiger partial charge on any atom is -0.406 e. The van der Waals surface area contributed by atoms with E-state index in [0.29, 0.717) is 42.4 Å². The molecule has 2 N–H and O–H groups in total. The lowest BCUT2D eigenvalue weighted by Gasteiger charge is -2.34. The molecule has 0 atom stereocenters. The van der Waals surface area contributed by atoms with Crippen molar-refractivity contribution in [1.82, 2.24) is 19.8 Å². The highest BCUT2D eigenvalue weighted by Crippen LogP contribution is 2.26. The van der Waals surface area contributed by atoms with Gasteiger partial charge < -0.3 is 20.1 Å². The number of aliphatic hydroxyl groups is 1. The Hall–Kier alpha value is -3.70. The predicted octanol–water partition coefficient (Wildman–Crippen LogP) is 3.54. The third-order valence-corrected chi connectivity index (χ3v) is 5.51. The lowest BCUT2D eigenvalue weighted by atomic mass is 10.1. The Balaban J connectivity index is 1.44. The molecule has 0 radical (unpaired) electrons. The number of β-amino-alcohol motifs (C(OH)–C–C–N with tert-alkyl or cyclic N) is 1.